The minimum atomic E-state index is -3.61. The van der Waals surface area contributed by atoms with E-state index < -0.39 is 16.1 Å². The number of hydrogen-bond acceptors (Lipinski definition) is 4. The Kier molecular flexibility index (Phi) is 4.99. The van der Waals surface area contributed by atoms with E-state index in [-0.39, 0.29) is 5.91 Å². The highest BCUT2D eigenvalue weighted by atomic mass is 32.2. The van der Waals surface area contributed by atoms with E-state index in [0.717, 1.165) is 9.75 Å². The first-order valence-corrected chi connectivity index (χ1v) is 9.78. The minimum absolute atomic E-state index is 0.104. The van der Waals surface area contributed by atoms with Crippen LogP contribution in [0.5, 0.6) is 0 Å². The quantitative estimate of drug-likeness (QED) is 0.842. The highest BCUT2D eigenvalue weighted by molar-refractivity contribution is 7.89. The number of rotatable bonds is 4. The molecule has 1 aliphatic rings. The van der Waals surface area contributed by atoms with E-state index in [1.807, 2.05) is 13.8 Å². The first kappa shape index (κ1) is 17.4. The van der Waals surface area contributed by atoms with Gasteiger partial charge >= 0.3 is 0 Å². The molecule has 0 bridgehead atoms. The van der Waals surface area contributed by atoms with Gasteiger partial charge in [-0.2, -0.15) is 4.31 Å². The van der Waals surface area contributed by atoms with Gasteiger partial charge in [0.05, 0.1) is 4.90 Å². The van der Waals surface area contributed by atoms with Crippen molar-refractivity contribution in [3.63, 3.8) is 0 Å². The van der Waals surface area contributed by atoms with Crippen LogP contribution < -0.4 is 0 Å². The molecule has 2 rings (SSSR count). The van der Waals surface area contributed by atoms with Crippen molar-refractivity contribution in [1.29, 1.82) is 0 Å². The third-order valence-corrected chi connectivity index (χ3v) is 7.05. The first-order valence-electron chi connectivity index (χ1n) is 7.52. The van der Waals surface area contributed by atoms with Crippen molar-refractivity contribution in [3.8, 4) is 0 Å². The van der Waals surface area contributed by atoms with Gasteiger partial charge in [-0.1, -0.05) is 13.8 Å². The van der Waals surface area contributed by atoms with E-state index in [9.17, 15) is 13.2 Å². The van der Waals surface area contributed by atoms with Crippen molar-refractivity contribution in [2.45, 2.75) is 45.6 Å². The number of thiophene rings is 1. The summed E-state index contributed by atoms with van der Waals surface area (Å²) in [4.78, 5) is 16.3. The number of sulfonamides is 1. The van der Waals surface area contributed by atoms with Crippen LogP contribution in [0.15, 0.2) is 11.0 Å². The molecule has 1 aromatic rings. The van der Waals surface area contributed by atoms with Gasteiger partial charge in [-0.3, -0.25) is 4.79 Å². The second-order valence-corrected chi connectivity index (χ2v) is 9.57. The maximum atomic E-state index is 12.9. The Morgan fingerprint density at radius 3 is 2.45 bits per heavy atom. The van der Waals surface area contributed by atoms with Crippen molar-refractivity contribution in [1.82, 2.24) is 9.21 Å². The van der Waals surface area contributed by atoms with E-state index in [0.29, 0.717) is 30.4 Å². The zero-order valence-electron chi connectivity index (χ0n) is 13.8. The lowest BCUT2D eigenvalue weighted by atomic mass is 10.1. The fourth-order valence-corrected chi connectivity index (χ4v) is 5.96. The average molecular weight is 345 g/mol. The molecule has 0 aliphatic carbocycles. The molecule has 0 radical (unpaired) electrons. The highest BCUT2D eigenvalue weighted by Crippen LogP contribution is 2.30. The van der Waals surface area contributed by atoms with Crippen LogP contribution >= 0.6 is 11.3 Å². The number of carbonyl (C=O) groups excluding carboxylic acids is 1. The van der Waals surface area contributed by atoms with Gasteiger partial charge in [0.25, 0.3) is 0 Å². The van der Waals surface area contributed by atoms with Gasteiger partial charge in [0.15, 0.2) is 0 Å². The van der Waals surface area contributed by atoms with Crippen LogP contribution in [0, 0.1) is 19.8 Å². The lowest BCUT2D eigenvalue weighted by molar-refractivity contribution is -0.138. The fourth-order valence-electron chi connectivity index (χ4n) is 2.85. The second-order valence-electron chi connectivity index (χ2n) is 6.25. The minimum Gasteiger partial charge on any atom is -0.340 e. The van der Waals surface area contributed by atoms with Gasteiger partial charge in [-0.15, -0.1) is 11.3 Å². The Bertz CT molecular complexity index is 664. The summed E-state index contributed by atoms with van der Waals surface area (Å²) in [5, 5.41) is 0. The van der Waals surface area contributed by atoms with Gasteiger partial charge in [-0.25, -0.2) is 8.42 Å². The van der Waals surface area contributed by atoms with E-state index in [1.165, 1.54) is 15.6 Å². The Morgan fingerprint density at radius 1 is 1.32 bits per heavy atom. The summed E-state index contributed by atoms with van der Waals surface area (Å²) in [6.07, 6.45) is 0. The molecule has 1 fully saturated rings. The molecule has 1 saturated heterocycles. The summed E-state index contributed by atoms with van der Waals surface area (Å²) >= 11 is 1.47. The van der Waals surface area contributed by atoms with E-state index in [1.54, 1.807) is 17.9 Å². The molecule has 1 aromatic heterocycles. The number of piperazine rings is 1. The predicted molar refractivity (Wildman–Crippen MR) is 88.6 cm³/mol. The fraction of sp³-hybridized carbons (Fsp3) is 0.667. The molecule has 0 saturated carbocycles. The average Bonchev–Trinajstić information content (AvgIpc) is 2.74. The monoisotopic (exact) mass is 344 g/mol. The van der Waals surface area contributed by atoms with Crippen LogP contribution in [0.3, 0.4) is 0 Å². The number of carbonyl (C=O) groups is 1. The van der Waals surface area contributed by atoms with Crippen LogP contribution in [-0.4, -0.2) is 49.2 Å². The lowest BCUT2D eigenvalue weighted by Crippen LogP contribution is -2.57. The second kappa shape index (κ2) is 6.29. The zero-order chi connectivity index (χ0) is 16.7. The summed E-state index contributed by atoms with van der Waals surface area (Å²) in [6, 6.07) is 1.06. The molecular formula is C15H24N2O3S2. The molecular weight excluding hydrogens is 320 g/mol. The van der Waals surface area contributed by atoms with Crippen molar-refractivity contribution < 1.29 is 13.2 Å². The Labute approximate surface area is 137 Å². The van der Waals surface area contributed by atoms with Crippen molar-refractivity contribution in [2.24, 2.45) is 5.92 Å². The van der Waals surface area contributed by atoms with Crippen LogP contribution in [-0.2, 0) is 14.8 Å². The Balaban J connectivity index is 2.27. The molecule has 0 aromatic carbocycles. The number of hydrogen-bond donors (Lipinski definition) is 0. The summed E-state index contributed by atoms with van der Waals surface area (Å²) in [6.45, 7) is 11.0. The van der Waals surface area contributed by atoms with Crippen LogP contribution in [0.25, 0.3) is 0 Å². The number of amides is 1. The molecule has 1 amide bonds. The number of aryl methyl sites for hydroxylation is 2. The van der Waals surface area contributed by atoms with Gasteiger partial charge < -0.3 is 4.90 Å². The summed E-state index contributed by atoms with van der Waals surface area (Å²) in [5.74, 6) is 0.272. The molecule has 22 heavy (non-hydrogen) atoms. The van der Waals surface area contributed by atoms with E-state index in [2.05, 4.69) is 13.8 Å². The summed E-state index contributed by atoms with van der Waals surface area (Å²) in [7, 11) is -3.61. The molecule has 0 N–H and O–H groups in total. The maximum Gasteiger partial charge on any atom is 0.244 e. The van der Waals surface area contributed by atoms with Crippen LogP contribution in [0.2, 0.25) is 0 Å². The summed E-state index contributed by atoms with van der Waals surface area (Å²) in [5.41, 5.74) is 0. The standard InChI is InChI=1S/C15H24N2O3S2/c1-10(2)9-16-6-7-17(12(4)15(16)18)22(19,20)14-8-11(3)21-13(14)5/h8,10,12H,6-7,9H2,1-5H3/t12-/m1/s1. The third kappa shape index (κ3) is 3.21. The van der Waals surface area contributed by atoms with Crippen molar-refractivity contribution in [2.75, 3.05) is 19.6 Å². The molecule has 1 aliphatic heterocycles. The topological polar surface area (TPSA) is 57.7 Å². The predicted octanol–water partition coefficient (Wildman–Crippen LogP) is 2.24. The lowest BCUT2D eigenvalue weighted by Gasteiger charge is -2.38. The van der Waals surface area contributed by atoms with E-state index in [4.69, 9.17) is 0 Å². The van der Waals surface area contributed by atoms with Gasteiger partial charge in [0.1, 0.15) is 6.04 Å². The molecule has 5 nitrogen and oxygen atoms in total. The zero-order valence-corrected chi connectivity index (χ0v) is 15.4. The first-order chi connectivity index (χ1) is 10.1. The Hall–Kier alpha value is -0.920. The number of nitrogens with zero attached hydrogens (tertiary/aromatic N) is 2. The summed E-state index contributed by atoms with van der Waals surface area (Å²) < 4.78 is 27.1. The van der Waals surface area contributed by atoms with Gasteiger partial charge in [0, 0.05) is 29.4 Å². The normalized spacial score (nSPS) is 20.9. The van der Waals surface area contributed by atoms with Gasteiger partial charge in [-0.05, 0) is 32.8 Å². The molecule has 0 unspecified atom stereocenters. The van der Waals surface area contributed by atoms with Crippen molar-refractivity contribution in [3.05, 3.63) is 15.8 Å². The Morgan fingerprint density at radius 2 is 1.95 bits per heavy atom. The molecule has 124 valence electrons. The highest BCUT2D eigenvalue weighted by Gasteiger charge is 2.39. The van der Waals surface area contributed by atoms with Crippen LogP contribution in [0.1, 0.15) is 30.5 Å². The molecule has 2 heterocycles. The maximum absolute atomic E-state index is 12.9. The van der Waals surface area contributed by atoms with E-state index >= 15 is 0 Å². The molecule has 7 heteroatoms. The molecule has 0 spiro atoms. The third-order valence-electron chi connectivity index (χ3n) is 3.86. The molecule has 1 atom stereocenters. The van der Waals surface area contributed by atoms with Crippen molar-refractivity contribution >= 4 is 27.3 Å². The largest absolute Gasteiger partial charge is 0.340 e. The SMILES string of the molecule is Cc1cc(S(=O)(=O)N2CCN(CC(C)C)C(=O)[C@H]2C)c(C)s1. The van der Waals surface area contributed by atoms with Crippen LogP contribution in [0.4, 0.5) is 0 Å². The van der Waals surface area contributed by atoms with Gasteiger partial charge in [0.2, 0.25) is 15.9 Å². The smallest absolute Gasteiger partial charge is 0.244 e.